The quantitative estimate of drug-likeness (QED) is 0.753. The SMILES string of the molecule is CC(CCCC(=O)Nc1ccccc1)CC(=O)Nc1ccccc1. The summed E-state index contributed by atoms with van der Waals surface area (Å²) in [5.41, 5.74) is 1.63. The minimum Gasteiger partial charge on any atom is -0.326 e. The Morgan fingerprint density at radius 1 is 0.833 bits per heavy atom. The van der Waals surface area contributed by atoms with Crippen LogP contribution in [-0.2, 0) is 9.59 Å². The topological polar surface area (TPSA) is 58.2 Å². The lowest BCUT2D eigenvalue weighted by Gasteiger charge is -2.11. The van der Waals surface area contributed by atoms with Crippen molar-refractivity contribution in [1.29, 1.82) is 0 Å². The zero-order chi connectivity index (χ0) is 17.2. The molecule has 0 saturated carbocycles. The van der Waals surface area contributed by atoms with Gasteiger partial charge in [0, 0.05) is 24.2 Å². The summed E-state index contributed by atoms with van der Waals surface area (Å²) in [5.74, 6) is 0.280. The predicted molar refractivity (Wildman–Crippen MR) is 97.8 cm³/mol. The summed E-state index contributed by atoms with van der Waals surface area (Å²) in [7, 11) is 0. The maximum atomic E-state index is 12.0. The molecule has 1 unspecified atom stereocenters. The van der Waals surface area contributed by atoms with E-state index in [4.69, 9.17) is 0 Å². The Morgan fingerprint density at radius 3 is 1.88 bits per heavy atom. The van der Waals surface area contributed by atoms with Crippen molar-refractivity contribution < 1.29 is 9.59 Å². The van der Waals surface area contributed by atoms with E-state index < -0.39 is 0 Å². The van der Waals surface area contributed by atoms with Gasteiger partial charge < -0.3 is 10.6 Å². The molecule has 0 aliphatic heterocycles. The van der Waals surface area contributed by atoms with Gasteiger partial charge in [-0.05, 0) is 43.0 Å². The first kappa shape index (κ1) is 17.7. The molecule has 2 N–H and O–H groups in total. The van der Waals surface area contributed by atoms with Crippen molar-refractivity contribution in [3.05, 3.63) is 60.7 Å². The molecule has 126 valence electrons. The van der Waals surface area contributed by atoms with Crippen molar-refractivity contribution in [2.24, 2.45) is 5.92 Å². The summed E-state index contributed by atoms with van der Waals surface area (Å²) >= 11 is 0. The number of hydrogen-bond donors (Lipinski definition) is 2. The average Bonchev–Trinajstić information content (AvgIpc) is 2.56. The van der Waals surface area contributed by atoms with Gasteiger partial charge in [-0.2, -0.15) is 0 Å². The lowest BCUT2D eigenvalue weighted by atomic mass is 10.00. The standard InChI is InChI=1S/C20H24N2O2/c1-16(15-20(24)22-18-12-6-3-7-13-18)9-8-14-19(23)21-17-10-4-2-5-11-17/h2-7,10-13,16H,8-9,14-15H2,1H3,(H,21,23)(H,22,24). The minimum absolute atomic E-state index is 0.0159. The van der Waals surface area contributed by atoms with E-state index in [-0.39, 0.29) is 17.7 Å². The van der Waals surface area contributed by atoms with Crippen LogP contribution in [0.15, 0.2) is 60.7 Å². The van der Waals surface area contributed by atoms with E-state index in [1.807, 2.05) is 67.6 Å². The highest BCUT2D eigenvalue weighted by Gasteiger charge is 2.10. The average molecular weight is 324 g/mol. The number of amides is 2. The summed E-state index contributed by atoms with van der Waals surface area (Å²) in [6, 6.07) is 18.9. The van der Waals surface area contributed by atoms with Gasteiger partial charge in [-0.25, -0.2) is 0 Å². The molecule has 24 heavy (non-hydrogen) atoms. The third-order valence-electron chi connectivity index (χ3n) is 3.75. The Kier molecular flexibility index (Phi) is 7.02. The number of carbonyl (C=O) groups is 2. The molecule has 0 aliphatic carbocycles. The highest BCUT2D eigenvalue weighted by atomic mass is 16.2. The van der Waals surface area contributed by atoms with Gasteiger partial charge in [-0.3, -0.25) is 9.59 Å². The van der Waals surface area contributed by atoms with Crippen molar-refractivity contribution in [2.75, 3.05) is 10.6 Å². The molecule has 2 aromatic rings. The van der Waals surface area contributed by atoms with Crippen LogP contribution in [0.4, 0.5) is 11.4 Å². The fourth-order valence-corrected chi connectivity index (χ4v) is 2.51. The van der Waals surface area contributed by atoms with Crippen LogP contribution < -0.4 is 10.6 Å². The predicted octanol–water partition coefficient (Wildman–Crippen LogP) is 4.46. The lowest BCUT2D eigenvalue weighted by molar-refractivity contribution is -0.117. The molecule has 0 spiro atoms. The molecule has 0 bridgehead atoms. The van der Waals surface area contributed by atoms with Crippen molar-refractivity contribution in [1.82, 2.24) is 0 Å². The fourth-order valence-electron chi connectivity index (χ4n) is 2.51. The number of carbonyl (C=O) groups excluding carboxylic acids is 2. The maximum Gasteiger partial charge on any atom is 0.224 e. The van der Waals surface area contributed by atoms with Gasteiger partial charge in [0.25, 0.3) is 0 Å². The normalized spacial score (nSPS) is 11.5. The van der Waals surface area contributed by atoms with E-state index in [0.717, 1.165) is 24.2 Å². The molecule has 2 aromatic carbocycles. The number of nitrogens with one attached hydrogen (secondary N) is 2. The molecule has 2 rings (SSSR count). The molecule has 4 nitrogen and oxygen atoms in total. The number of benzene rings is 2. The van der Waals surface area contributed by atoms with Crippen LogP contribution in [0.25, 0.3) is 0 Å². The monoisotopic (exact) mass is 324 g/mol. The molecule has 0 radical (unpaired) electrons. The van der Waals surface area contributed by atoms with Crippen molar-refractivity contribution >= 4 is 23.2 Å². The fraction of sp³-hybridized carbons (Fsp3) is 0.300. The second-order valence-corrected chi connectivity index (χ2v) is 6.03. The second kappa shape index (κ2) is 9.50. The minimum atomic E-state index is 0.0159. The summed E-state index contributed by atoms with van der Waals surface area (Å²) < 4.78 is 0. The molecular weight excluding hydrogens is 300 g/mol. The number of hydrogen-bond acceptors (Lipinski definition) is 2. The van der Waals surface area contributed by atoms with Crippen LogP contribution in [0.2, 0.25) is 0 Å². The molecule has 0 heterocycles. The molecule has 0 aliphatic rings. The van der Waals surface area contributed by atoms with E-state index in [2.05, 4.69) is 10.6 Å². The Labute approximate surface area is 143 Å². The van der Waals surface area contributed by atoms with Gasteiger partial charge >= 0.3 is 0 Å². The third kappa shape index (κ3) is 6.65. The Hall–Kier alpha value is -2.62. The first-order valence-electron chi connectivity index (χ1n) is 8.33. The number of rotatable bonds is 8. The third-order valence-corrected chi connectivity index (χ3v) is 3.75. The molecule has 4 heteroatoms. The van der Waals surface area contributed by atoms with Crippen LogP contribution in [0.3, 0.4) is 0 Å². The zero-order valence-electron chi connectivity index (χ0n) is 14.0. The van der Waals surface area contributed by atoms with Crippen molar-refractivity contribution in [2.45, 2.75) is 32.6 Å². The summed E-state index contributed by atoms with van der Waals surface area (Å²) in [6.45, 7) is 2.04. The first-order valence-corrected chi connectivity index (χ1v) is 8.33. The van der Waals surface area contributed by atoms with E-state index in [1.54, 1.807) is 0 Å². The van der Waals surface area contributed by atoms with E-state index in [1.165, 1.54) is 0 Å². The lowest BCUT2D eigenvalue weighted by Crippen LogP contribution is -2.16. The first-order chi connectivity index (χ1) is 11.6. The number of para-hydroxylation sites is 2. The second-order valence-electron chi connectivity index (χ2n) is 6.03. The summed E-state index contributed by atoms with van der Waals surface area (Å²) in [4.78, 5) is 23.8. The van der Waals surface area contributed by atoms with Gasteiger partial charge in [0.15, 0.2) is 0 Å². The van der Waals surface area contributed by atoms with Gasteiger partial charge in [-0.1, -0.05) is 43.3 Å². The Morgan fingerprint density at radius 2 is 1.33 bits per heavy atom. The summed E-state index contributed by atoms with van der Waals surface area (Å²) in [6.07, 6.45) is 2.57. The van der Waals surface area contributed by atoms with E-state index >= 15 is 0 Å². The van der Waals surface area contributed by atoms with Crippen LogP contribution in [0.5, 0.6) is 0 Å². The van der Waals surface area contributed by atoms with Crippen LogP contribution in [0, 0.1) is 5.92 Å². The molecular formula is C20H24N2O2. The largest absolute Gasteiger partial charge is 0.326 e. The zero-order valence-corrected chi connectivity index (χ0v) is 14.0. The smallest absolute Gasteiger partial charge is 0.224 e. The molecule has 0 fully saturated rings. The molecule has 0 saturated heterocycles. The summed E-state index contributed by atoms with van der Waals surface area (Å²) in [5, 5.41) is 5.76. The van der Waals surface area contributed by atoms with Gasteiger partial charge in [-0.15, -0.1) is 0 Å². The highest BCUT2D eigenvalue weighted by Crippen LogP contribution is 2.15. The maximum absolute atomic E-state index is 12.0. The van der Waals surface area contributed by atoms with Crippen LogP contribution in [-0.4, -0.2) is 11.8 Å². The van der Waals surface area contributed by atoms with Crippen molar-refractivity contribution in [3.8, 4) is 0 Å². The van der Waals surface area contributed by atoms with Gasteiger partial charge in [0.2, 0.25) is 11.8 Å². The van der Waals surface area contributed by atoms with Gasteiger partial charge in [0.1, 0.15) is 0 Å². The number of anilines is 2. The molecule has 1 atom stereocenters. The van der Waals surface area contributed by atoms with Gasteiger partial charge in [0.05, 0.1) is 0 Å². The van der Waals surface area contributed by atoms with Crippen molar-refractivity contribution in [3.63, 3.8) is 0 Å². The van der Waals surface area contributed by atoms with Crippen LogP contribution >= 0.6 is 0 Å². The Balaban J connectivity index is 1.63. The Bertz CT molecular complexity index is 641. The highest BCUT2D eigenvalue weighted by molar-refractivity contribution is 5.91. The van der Waals surface area contributed by atoms with E-state index in [9.17, 15) is 9.59 Å². The van der Waals surface area contributed by atoms with Crippen LogP contribution in [0.1, 0.15) is 32.6 Å². The molecule has 0 aromatic heterocycles. The molecule has 2 amide bonds. The van der Waals surface area contributed by atoms with E-state index in [0.29, 0.717) is 12.8 Å².